The van der Waals surface area contributed by atoms with Crippen molar-refractivity contribution in [1.29, 1.82) is 0 Å². The number of guanidine groups is 1. The van der Waals surface area contributed by atoms with Crippen LogP contribution in [-0.2, 0) is 11.3 Å². The first-order valence-electron chi connectivity index (χ1n) is 11.2. The molecule has 1 aliphatic heterocycles. The van der Waals surface area contributed by atoms with Gasteiger partial charge >= 0.3 is 0 Å². The number of nitrogens with one attached hydrogen (secondary N) is 2. The maximum Gasteiger partial charge on any atom is 0.203 e. The molecular weight excluding hydrogens is 396 g/mol. The molecular formula is C23H40N4O4. The number of hydrogen-bond acceptors (Lipinski definition) is 6. The molecule has 8 nitrogen and oxygen atoms in total. The molecule has 0 bridgehead atoms. The minimum atomic E-state index is 0.448. The molecule has 0 aliphatic carbocycles. The number of aliphatic imine (C=N–C) groups is 1. The van der Waals surface area contributed by atoms with Crippen LogP contribution >= 0.6 is 0 Å². The van der Waals surface area contributed by atoms with E-state index in [1.807, 2.05) is 12.1 Å². The molecule has 8 heteroatoms. The summed E-state index contributed by atoms with van der Waals surface area (Å²) in [4.78, 5) is 7.32. The predicted octanol–water partition coefficient (Wildman–Crippen LogP) is 2.51. The van der Waals surface area contributed by atoms with Crippen molar-refractivity contribution in [1.82, 2.24) is 15.5 Å². The van der Waals surface area contributed by atoms with E-state index in [9.17, 15) is 0 Å². The lowest BCUT2D eigenvalue weighted by atomic mass is 10.0. The van der Waals surface area contributed by atoms with Crippen LogP contribution in [0.15, 0.2) is 17.1 Å². The van der Waals surface area contributed by atoms with E-state index in [0.29, 0.717) is 35.8 Å². The lowest BCUT2D eigenvalue weighted by Crippen LogP contribution is -2.51. The second-order valence-corrected chi connectivity index (χ2v) is 8.00. The van der Waals surface area contributed by atoms with Crippen LogP contribution in [0.1, 0.15) is 32.8 Å². The zero-order chi connectivity index (χ0) is 22.6. The van der Waals surface area contributed by atoms with E-state index in [2.05, 4.69) is 36.3 Å². The highest BCUT2D eigenvalue weighted by molar-refractivity contribution is 5.79. The maximum absolute atomic E-state index is 5.59. The highest BCUT2D eigenvalue weighted by Crippen LogP contribution is 2.39. The Labute approximate surface area is 187 Å². The molecule has 1 saturated heterocycles. The van der Waals surface area contributed by atoms with Crippen LogP contribution in [0.5, 0.6) is 17.2 Å². The molecule has 2 rings (SSSR count). The molecule has 2 N–H and O–H groups in total. The summed E-state index contributed by atoms with van der Waals surface area (Å²) >= 11 is 0. The van der Waals surface area contributed by atoms with Crippen molar-refractivity contribution in [3.05, 3.63) is 17.7 Å². The van der Waals surface area contributed by atoms with Gasteiger partial charge in [-0.15, -0.1) is 0 Å². The average Bonchev–Trinajstić information content (AvgIpc) is 2.79. The second kappa shape index (κ2) is 13.3. The summed E-state index contributed by atoms with van der Waals surface area (Å²) in [6.45, 7) is 12.3. The van der Waals surface area contributed by atoms with Gasteiger partial charge in [-0.25, -0.2) is 4.99 Å². The Morgan fingerprint density at radius 1 is 1.06 bits per heavy atom. The van der Waals surface area contributed by atoms with Crippen molar-refractivity contribution in [2.24, 2.45) is 10.9 Å². The van der Waals surface area contributed by atoms with Crippen molar-refractivity contribution < 1.29 is 18.9 Å². The third-order valence-electron chi connectivity index (χ3n) is 5.35. The molecule has 31 heavy (non-hydrogen) atoms. The number of methoxy groups -OCH3 is 3. The Hall–Kier alpha value is -2.19. The molecule has 0 aromatic heterocycles. The fourth-order valence-electron chi connectivity index (χ4n) is 3.86. The quantitative estimate of drug-likeness (QED) is 0.408. The van der Waals surface area contributed by atoms with Gasteiger partial charge in [0.05, 0.1) is 41.1 Å². The van der Waals surface area contributed by atoms with Crippen LogP contribution in [0.3, 0.4) is 0 Å². The first-order valence-corrected chi connectivity index (χ1v) is 11.2. The number of ether oxygens (including phenoxy) is 4. The van der Waals surface area contributed by atoms with Crippen molar-refractivity contribution in [2.45, 2.75) is 39.8 Å². The molecule has 1 aliphatic rings. The number of benzene rings is 1. The number of hydrogen-bond donors (Lipinski definition) is 2. The Morgan fingerprint density at radius 2 is 1.77 bits per heavy atom. The van der Waals surface area contributed by atoms with Crippen LogP contribution in [0, 0.1) is 5.92 Å². The third-order valence-corrected chi connectivity index (χ3v) is 5.35. The molecule has 0 amide bonds. The first-order chi connectivity index (χ1) is 15.0. The van der Waals surface area contributed by atoms with Crippen LogP contribution in [-0.4, -0.2) is 77.6 Å². The van der Waals surface area contributed by atoms with Gasteiger partial charge in [0.15, 0.2) is 17.5 Å². The molecule has 1 unspecified atom stereocenters. The van der Waals surface area contributed by atoms with Gasteiger partial charge < -0.3 is 29.6 Å². The molecule has 0 saturated carbocycles. The number of nitrogens with zero attached hydrogens (tertiary/aromatic N) is 2. The predicted molar refractivity (Wildman–Crippen MR) is 125 cm³/mol. The summed E-state index contributed by atoms with van der Waals surface area (Å²) < 4.78 is 22.0. The van der Waals surface area contributed by atoms with E-state index < -0.39 is 0 Å². The molecule has 1 atom stereocenters. The Balaban J connectivity index is 2.12. The largest absolute Gasteiger partial charge is 0.493 e. The fourth-order valence-corrected chi connectivity index (χ4v) is 3.86. The number of morpholine rings is 1. The monoisotopic (exact) mass is 436 g/mol. The van der Waals surface area contributed by atoms with Gasteiger partial charge in [-0.2, -0.15) is 0 Å². The van der Waals surface area contributed by atoms with Gasteiger partial charge in [0.25, 0.3) is 0 Å². The molecule has 176 valence electrons. The van der Waals surface area contributed by atoms with Crippen LogP contribution in [0.2, 0.25) is 0 Å². The molecule has 1 fully saturated rings. The summed E-state index contributed by atoms with van der Waals surface area (Å²) in [5.74, 6) is 3.29. The maximum atomic E-state index is 5.59. The Kier molecular flexibility index (Phi) is 10.7. The van der Waals surface area contributed by atoms with E-state index in [4.69, 9.17) is 23.9 Å². The van der Waals surface area contributed by atoms with Gasteiger partial charge in [-0.3, -0.25) is 4.90 Å². The lowest BCUT2D eigenvalue weighted by molar-refractivity contribution is 0.0132. The van der Waals surface area contributed by atoms with Crippen LogP contribution in [0.4, 0.5) is 0 Å². The molecule has 0 spiro atoms. The van der Waals surface area contributed by atoms with E-state index in [1.54, 1.807) is 21.3 Å². The van der Waals surface area contributed by atoms with E-state index in [0.717, 1.165) is 57.3 Å². The zero-order valence-corrected chi connectivity index (χ0v) is 20.0. The van der Waals surface area contributed by atoms with Crippen LogP contribution in [0.25, 0.3) is 0 Å². The zero-order valence-electron chi connectivity index (χ0n) is 20.0. The lowest BCUT2D eigenvalue weighted by Gasteiger charge is -2.35. The van der Waals surface area contributed by atoms with E-state index in [-0.39, 0.29) is 0 Å². The second-order valence-electron chi connectivity index (χ2n) is 8.00. The topological polar surface area (TPSA) is 76.6 Å². The van der Waals surface area contributed by atoms with Crippen molar-refractivity contribution in [3.8, 4) is 17.2 Å². The van der Waals surface area contributed by atoms with Gasteiger partial charge in [-0.05, 0) is 31.4 Å². The van der Waals surface area contributed by atoms with E-state index >= 15 is 0 Å². The van der Waals surface area contributed by atoms with Crippen LogP contribution < -0.4 is 24.8 Å². The normalized spacial score (nSPS) is 16.2. The molecule has 0 radical (unpaired) electrons. The highest BCUT2D eigenvalue weighted by Gasteiger charge is 2.22. The minimum Gasteiger partial charge on any atom is -0.493 e. The third kappa shape index (κ3) is 7.47. The Morgan fingerprint density at radius 3 is 2.35 bits per heavy atom. The molecule has 1 aromatic rings. The highest BCUT2D eigenvalue weighted by atomic mass is 16.5. The van der Waals surface area contributed by atoms with Crippen molar-refractivity contribution in [3.63, 3.8) is 0 Å². The fraction of sp³-hybridized carbons (Fsp3) is 0.696. The summed E-state index contributed by atoms with van der Waals surface area (Å²) in [6, 6.07) is 4.29. The smallest absolute Gasteiger partial charge is 0.203 e. The summed E-state index contributed by atoms with van der Waals surface area (Å²) in [5, 5.41) is 6.89. The summed E-state index contributed by atoms with van der Waals surface area (Å²) in [6.07, 6.45) is 1.13. The number of rotatable bonds is 11. The van der Waals surface area contributed by atoms with Gasteiger partial charge in [0.2, 0.25) is 5.75 Å². The summed E-state index contributed by atoms with van der Waals surface area (Å²) in [7, 11) is 4.86. The summed E-state index contributed by atoms with van der Waals surface area (Å²) in [5.41, 5.74) is 0.935. The molecule has 1 aromatic carbocycles. The van der Waals surface area contributed by atoms with E-state index in [1.165, 1.54) is 0 Å². The Bertz CT molecular complexity index is 690. The van der Waals surface area contributed by atoms with Gasteiger partial charge in [-0.1, -0.05) is 13.8 Å². The standard InChI is InChI=1S/C23H40N4O4/c1-7-24-23(26-16-19(14-17(2)3)27-10-12-31-13-11-27)25-15-18-8-9-20(28-4)22(30-6)21(18)29-5/h8-9,17,19H,7,10-16H2,1-6H3,(H2,24,25,26). The van der Waals surface area contributed by atoms with Gasteiger partial charge in [0, 0.05) is 37.8 Å². The minimum absolute atomic E-state index is 0.448. The van der Waals surface area contributed by atoms with Gasteiger partial charge in [0.1, 0.15) is 0 Å². The SMILES string of the molecule is CCNC(=NCc1ccc(OC)c(OC)c1OC)NCC(CC(C)C)N1CCOCC1. The van der Waals surface area contributed by atoms with Crippen molar-refractivity contribution >= 4 is 5.96 Å². The first kappa shape index (κ1) is 25.1. The van der Waals surface area contributed by atoms with Crippen molar-refractivity contribution in [2.75, 3.05) is 60.7 Å². The molecule has 1 heterocycles. The average molecular weight is 437 g/mol.